The molecule has 1 saturated heterocycles. The van der Waals surface area contributed by atoms with Crippen molar-refractivity contribution in [3.8, 4) is 0 Å². The first-order chi connectivity index (χ1) is 8.67. The van der Waals surface area contributed by atoms with Crippen molar-refractivity contribution in [2.24, 2.45) is 5.73 Å². The lowest BCUT2D eigenvalue weighted by Crippen LogP contribution is -2.47. The lowest BCUT2D eigenvalue weighted by molar-refractivity contribution is -0.123. The molecule has 0 bridgehead atoms. The SMILES string of the molecule is COC(CN)CC(=O)NCC(C)N1CCOCC1. The first-order valence-electron chi connectivity index (χ1n) is 6.48. The van der Waals surface area contributed by atoms with Gasteiger partial charge in [-0.25, -0.2) is 0 Å². The van der Waals surface area contributed by atoms with E-state index in [1.165, 1.54) is 0 Å². The number of amides is 1. The zero-order valence-electron chi connectivity index (χ0n) is 11.4. The maximum absolute atomic E-state index is 11.7. The molecule has 0 aromatic heterocycles. The van der Waals surface area contributed by atoms with Gasteiger partial charge in [-0.05, 0) is 6.92 Å². The van der Waals surface area contributed by atoms with Gasteiger partial charge in [0.25, 0.3) is 0 Å². The van der Waals surface area contributed by atoms with Gasteiger partial charge in [0.1, 0.15) is 0 Å². The second-order valence-electron chi connectivity index (χ2n) is 4.60. The van der Waals surface area contributed by atoms with Crippen molar-refractivity contribution < 1.29 is 14.3 Å². The Morgan fingerprint density at radius 2 is 2.17 bits per heavy atom. The molecule has 2 unspecified atom stereocenters. The number of rotatable bonds is 7. The van der Waals surface area contributed by atoms with Gasteiger partial charge in [0.05, 0.1) is 25.7 Å². The van der Waals surface area contributed by atoms with E-state index >= 15 is 0 Å². The molecule has 1 heterocycles. The number of methoxy groups -OCH3 is 1. The Morgan fingerprint density at radius 3 is 2.72 bits per heavy atom. The fourth-order valence-corrected chi connectivity index (χ4v) is 1.95. The molecule has 1 aliphatic rings. The highest BCUT2D eigenvalue weighted by Crippen LogP contribution is 2.03. The lowest BCUT2D eigenvalue weighted by atomic mass is 10.2. The highest BCUT2D eigenvalue weighted by molar-refractivity contribution is 5.76. The van der Waals surface area contributed by atoms with Crippen molar-refractivity contribution >= 4 is 5.91 Å². The van der Waals surface area contributed by atoms with Gasteiger partial charge in [-0.1, -0.05) is 0 Å². The number of hydrogen-bond acceptors (Lipinski definition) is 5. The summed E-state index contributed by atoms with van der Waals surface area (Å²) in [6.45, 7) is 6.54. The van der Waals surface area contributed by atoms with E-state index in [-0.39, 0.29) is 12.0 Å². The fourth-order valence-electron chi connectivity index (χ4n) is 1.95. The van der Waals surface area contributed by atoms with Gasteiger partial charge in [0, 0.05) is 39.3 Å². The number of carbonyl (C=O) groups excluding carboxylic acids is 1. The van der Waals surface area contributed by atoms with Gasteiger partial charge in [0.2, 0.25) is 5.91 Å². The van der Waals surface area contributed by atoms with Crippen molar-refractivity contribution in [2.45, 2.75) is 25.5 Å². The molecule has 1 fully saturated rings. The molecule has 0 saturated carbocycles. The number of nitrogens with one attached hydrogen (secondary N) is 1. The van der Waals surface area contributed by atoms with Crippen molar-refractivity contribution in [2.75, 3.05) is 46.5 Å². The molecule has 2 atom stereocenters. The lowest BCUT2D eigenvalue weighted by Gasteiger charge is -2.32. The second kappa shape index (κ2) is 8.42. The van der Waals surface area contributed by atoms with Crippen LogP contribution in [0.15, 0.2) is 0 Å². The summed E-state index contributed by atoms with van der Waals surface area (Å²) >= 11 is 0. The van der Waals surface area contributed by atoms with Crippen LogP contribution in [0.5, 0.6) is 0 Å². The summed E-state index contributed by atoms with van der Waals surface area (Å²) in [6.07, 6.45) is 0.131. The zero-order valence-corrected chi connectivity index (χ0v) is 11.4. The topological polar surface area (TPSA) is 76.8 Å². The van der Waals surface area contributed by atoms with E-state index in [2.05, 4.69) is 17.1 Å². The van der Waals surface area contributed by atoms with E-state index in [9.17, 15) is 4.79 Å². The average Bonchev–Trinajstić information content (AvgIpc) is 2.43. The van der Waals surface area contributed by atoms with Gasteiger partial charge in [-0.3, -0.25) is 9.69 Å². The molecule has 0 spiro atoms. The van der Waals surface area contributed by atoms with Gasteiger partial charge in [-0.2, -0.15) is 0 Å². The minimum absolute atomic E-state index is 0.00703. The van der Waals surface area contributed by atoms with Crippen molar-refractivity contribution in [3.63, 3.8) is 0 Å². The zero-order chi connectivity index (χ0) is 13.4. The Bertz CT molecular complexity index is 241. The van der Waals surface area contributed by atoms with E-state index in [4.69, 9.17) is 15.2 Å². The summed E-state index contributed by atoms with van der Waals surface area (Å²) in [5.74, 6) is -0.00703. The van der Waals surface area contributed by atoms with Crippen LogP contribution in [0.2, 0.25) is 0 Å². The third kappa shape index (κ3) is 5.30. The van der Waals surface area contributed by atoms with Crippen LogP contribution in [0.25, 0.3) is 0 Å². The van der Waals surface area contributed by atoms with Crippen LogP contribution < -0.4 is 11.1 Å². The molecule has 6 nitrogen and oxygen atoms in total. The number of ether oxygens (including phenoxy) is 2. The molecular weight excluding hydrogens is 234 g/mol. The molecule has 1 amide bonds. The predicted molar refractivity (Wildman–Crippen MR) is 69.3 cm³/mol. The largest absolute Gasteiger partial charge is 0.380 e. The predicted octanol–water partition coefficient (Wildman–Crippen LogP) is -0.813. The minimum atomic E-state index is -0.191. The average molecular weight is 259 g/mol. The third-order valence-electron chi connectivity index (χ3n) is 3.27. The van der Waals surface area contributed by atoms with Crippen LogP contribution in [-0.4, -0.2) is 69.5 Å². The smallest absolute Gasteiger partial charge is 0.222 e. The molecule has 18 heavy (non-hydrogen) atoms. The first-order valence-corrected chi connectivity index (χ1v) is 6.48. The summed E-state index contributed by atoms with van der Waals surface area (Å²) in [6, 6.07) is 0.330. The van der Waals surface area contributed by atoms with Gasteiger partial charge < -0.3 is 20.5 Å². The highest BCUT2D eigenvalue weighted by atomic mass is 16.5. The van der Waals surface area contributed by atoms with Crippen LogP contribution in [0.3, 0.4) is 0 Å². The number of hydrogen-bond donors (Lipinski definition) is 2. The Labute approximate surface area is 109 Å². The van der Waals surface area contributed by atoms with Crippen molar-refractivity contribution in [1.82, 2.24) is 10.2 Å². The van der Waals surface area contributed by atoms with Crippen LogP contribution in [0.4, 0.5) is 0 Å². The Kier molecular flexibility index (Phi) is 7.19. The molecule has 106 valence electrons. The fraction of sp³-hybridized carbons (Fsp3) is 0.917. The van der Waals surface area contributed by atoms with E-state index in [0.29, 0.717) is 25.6 Å². The summed E-state index contributed by atoms with van der Waals surface area (Å²) in [4.78, 5) is 14.0. The molecule has 0 aromatic rings. The van der Waals surface area contributed by atoms with Gasteiger partial charge >= 0.3 is 0 Å². The van der Waals surface area contributed by atoms with E-state index < -0.39 is 0 Å². The standard InChI is InChI=1S/C12H25N3O3/c1-10(15-3-5-18-6-4-15)9-14-12(16)7-11(8-13)17-2/h10-11H,3-9,13H2,1-2H3,(H,14,16). The summed E-state index contributed by atoms with van der Waals surface area (Å²) in [5.41, 5.74) is 5.48. The van der Waals surface area contributed by atoms with Crippen molar-refractivity contribution in [3.05, 3.63) is 0 Å². The van der Waals surface area contributed by atoms with Gasteiger partial charge in [-0.15, -0.1) is 0 Å². The molecule has 3 N–H and O–H groups in total. The third-order valence-corrected chi connectivity index (χ3v) is 3.27. The summed E-state index contributed by atoms with van der Waals surface area (Å²) in [7, 11) is 1.57. The molecule has 0 aliphatic carbocycles. The summed E-state index contributed by atoms with van der Waals surface area (Å²) < 4.78 is 10.4. The van der Waals surface area contributed by atoms with Crippen LogP contribution in [0, 0.1) is 0 Å². The van der Waals surface area contributed by atoms with E-state index in [1.54, 1.807) is 7.11 Å². The molecule has 6 heteroatoms. The monoisotopic (exact) mass is 259 g/mol. The van der Waals surface area contributed by atoms with Crippen LogP contribution >= 0.6 is 0 Å². The number of morpholine rings is 1. The Hall–Kier alpha value is -0.690. The minimum Gasteiger partial charge on any atom is -0.380 e. The van der Waals surface area contributed by atoms with Crippen molar-refractivity contribution in [1.29, 1.82) is 0 Å². The highest BCUT2D eigenvalue weighted by Gasteiger charge is 2.18. The maximum Gasteiger partial charge on any atom is 0.222 e. The molecule has 0 radical (unpaired) electrons. The molecular formula is C12H25N3O3. The second-order valence-corrected chi connectivity index (χ2v) is 4.60. The molecule has 1 aliphatic heterocycles. The van der Waals surface area contributed by atoms with E-state index in [1.807, 2.05) is 0 Å². The van der Waals surface area contributed by atoms with E-state index in [0.717, 1.165) is 26.3 Å². The molecule has 1 rings (SSSR count). The quantitative estimate of drug-likeness (QED) is 0.625. The van der Waals surface area contributed by atoms with Crippen LogP contribution in [-0.2, 0) is 14.3 Å². The molecule has 0 aromatic carbocycles. The van der Waals surface area contributed by atoms with Gasteiger partial charge in [0.15, 0.2) is 0 Å². The Morgan fingerprint density at radius 1 is 1.50 bits per heavy atom. The Balaban J connectivity index is 2.20. The summed E-state index contributed by atoms with van der Waals surface area (Å²) in [5, 5.41) is 2.92. The first kappa shape index (κ1) is 15.4. The number of nitrogens with zero attached hydrogens (tertiary/aromatic N) is 1. The number of nitrogens with two attached hydrogens (primary N) is 1. The normalized spacial score (nSPS) is 20.4. The maximum atomic E-state index is 11.7. The van der Waals surface area contributed by atoms with Crippen LogP contribution in [0.1, 0.15) is 13.3 Å². The number of carbonyl (C=O) groups is 1.